The Morgan fingerprint density at radius 2 is 0.526 bits per heavy atom. The molecule has 0 saturated carbocycles. The summed E-state index contributed by atoms with van der Waals surface area (Å²) in [4.78, 5) is 7.74. The van der Waals surface area contributed by atoms with Crippen molar-refractivity contribution in [2.24, 2.45) is 0 Å². The molecule has 0 radical (unpaired) electrons. The fraction of sp³-hybridized carbons (Fsp3) is 0.0270. The van der Waals surface area contributed by atoms with Gasteiger partial charge in [-0.2, -0.15) is 0 Å². The first-order valence-corrected chi connectivity index (χ1v) is 32.2. The second-order valence-corrected chi connectivity index (χ2v) is 30.3. The predicted molar refractivity (Wildman–Crippen MR) is 325 cm³/mol. The van der Waals surface area contributed by atoms with Gasteiger partial charge in [0.2, 0.25) is 0 Å². The zero-order chi connectivity index (χ0) is 51.2. The fourth-order valence-corrected chi connectivity index (χ4v) is 28.5. The quantitative estimate of drug-likeness (QED) is 0.162. The van der Waals surface area contributed by atoms with Gasteiger partial charge in [-0.05, 0) is 0 Å². The van der Waals surface area contributed by atoms with E-state index in [4.69, 9.17) is 0 Å². The molecule has 0 atom stereocenters. The molecule has 364 valence electrons. The number of hydrogen-bond acceptors (Lipinski definition) is 3. The number of hydrogen-bond donors (Lipinski definition) is 0. The van der Waals surface area contributed by atoms with Crippen LogP contribution in [0.3, 0.4) is 0 Å². The zero-order valence-corrected chi connectivity index (χ0v) is 45.4. The first-order valence-electron chi connectivity index (χ1n) is 27.2. The van der Waals surface area contributed by atoms with Crippen molar-refractivity contribution in [3.05, 3.63) is 336 Å². The van der Waals surface area contributed by atoms with Crippen LogP contribution < -0.4 is 27.4 Å². The number of nitrogens with zero attached hydrogens (tertiary/aromatic N) is 2. The Morgan fingerprint density at radius 1 is 0.256 bits per heavy atom. The van der Waals surface area contributed by atoms with Gasteiger partial charge in [-0.1, -0.05) is 0 Å². The molecule has 3 heterocycles. The Bertz CT molecular complexity index is 3990. The molecule has 4 heteroatoms. The molecule has 2 nitrogen and oxygen atoms in total. The topological polar surface area (TPSA) is 6.48 Å². The van der Waals surface area contributed by atoms with Crippen LogP contribution in [0.1, 0.15) is 44.5 Å². The molecule has 12 aromatic rings. The van der Waals surface area contributed by atoms with Gasteiger partial charge in [0, 0.05) is 0 Å². The molecule has 0 saturated heterocycles. The van der Waals surface area contributed by atoms with Crippen LogP contribution in [0.4, 0.5) is 34.1 Å². The van der Waals surface area contributed by atoms with Crippen LogP contribution in [0.5, 0.6) is 0 Å². The van der Waals surface area contributed by atoms with Crippen molar-refractivity contribution >= 4 is 76.7 Å². The SMILES string of the molecule is c1cc[c]([Ge]2([c]3ccccc3)[c]3ccc(N4c5ccccc5C5(c6ccccc6-c6ccccc65)c5ccccc54)cc3Sc3cc(N4c5ccccc5C5(c6ccccc6-c6ccccc65)c5ccccc54)cc[c]32)cc1. The fourth-order valence-electron chi connectivity index (χ4n) is 15.2. The summed E-state index contributed by atoms with van der Waals surface area (Å²) in [6, 6.07) is 111. The van der Waals surface area contributed by atoms with E-state index in [1.54, 1.807) is 0 Å². The van der Waals surface area contributed by atoms with Crippen molar-refractivity contribution < 1.29 is 0 Å². The standard InChI is InChI=1S/C74H48GeN2S/c1-3-23-49(24-4-1)75(50-25-5-2-6-26-50)65-45-43-51(76-67-39-19-15-35-61(67)73(62-36-16-20-40-68(62)76)57-31-11-7-27-53(57)54-28-8-12-32-58(54)73)47-71(65)78-72-48-52(44-46-66(72)75)77-69-41-21-17-37-63(69)74(64-38-18-22-42-70(64)77)59-33-13-9-29-55(59)56-30-10-14-34-60(56)74/h1-48H. The summed E-state index contributed by atoms with van der Waals surface area (Å²) in [6.45, 7) is 0. The second kappa shape index (κ2) is 16.6. The van der Waals surface area contributed by atoms with E-state index in [1.165, 1.54) is 117 Å². The van der Waals surface area contributed by atoms with Crippen molar-refractivity contribution in [3.63, 3.8) is 0 Å². The maximum absolute atomic E-state index is 3.80. The Labute approximate surface area is 462 Å². The Kier molecular flexibility index (Phi) is 9.41. The molecule has 3 aliphatic heterocycles. The molecular formula is C74H48GeN2S. The molecule has 0 unspecified atom stereocenters. The van der Waals surface area contributed by atoms with Gasteiger partial charge >= 0.3 is 465 Å². The molecule has 0 amide bonds. The molecule has 0 aromatic heterocycles. The molecule has 17 rings (SSSR count). The number of benzene rings is 12. The van der Waals surface area contributed by atoms with Gasteiger partial charge in [0.1, 0.15) is 0 Å². The number of rotatable bonds is 4. The van der Waals surface area contributed by atoms with Gasteiger partial charge < -0.3 is 0 Å². The Hall–Kier alpha value is -8.87. The molecule has 0 bridgehead atoms. The van der Waals surface area contributed by atoms with Crippen molar-refractivity contribution in [2.75, 3.05) is 9.80 Å². The average Bonchev–Trinajstić information content (AvgIpc) is 3.98. The molecule has 2 aliphatic carbocycles. The van der Waals surface area contributed by atoms with Gasteiger partial charge in [0.25, 0.3) is 0 Å². The Balaban J connectivity index is 0.887. The minimum atomic E-state index is -3.80. The van der Waals surface area contributed by atoms with Gasteiger partial charge in [-0.3, -0.25) is 0 Å². The van der Waals surface area contributed by atoms with Crippen molar-refractivity contribution in [3.8, 4) is 22.3 Å². The summed E-state index contributed by atoms with van der Waals surface area (Å²) in [7, 11) is 0. The number of fused-ring (bicyclic) bond motifs is 20. The monoisotopic (exact) mass is 1070 g/mol. The maximum atomic E-state index is 2.56. The normalized spacial score (nSPS) is 15.4. The molecular weight excluding hydrogens is 1020 g/mol. The second-order valence-electron chi connectivity index (χ2n) is 21.4. The minimum absolute atomic E-state index is 0.476. The first-order chi connectivity index (χ1) is 38.7. The van der Waals surface area contributed by atoms with Gasteiger partial charge in [0.15, 0.2) is 0 Å². The van der Waals surface area contributed by atoms with Crippen LogP contribution in [0.15, 0.2) is 301 Å². The van der Waals surface area contributed by atoms with Crippen LogP contribution in [-0.2, 0) is 10.8 Å². The van der Waals surface area contributed by atoms with E-state index in [-0.39, 0.29) is 0 Å². The third-order valence-electron chi connectivity index (χ3n) is 18.0. The summed E-state index contributed by atoms with van der Waals surface area (Å²) >= 11 is -1.85. The third-order valence-corrected chi connectivity index (χ3v) is 30.1. The Morgan fingerprint density at radius 3 is 0.846 bits per heavy atom. The predicted octanol–water partition coefficient (Wildman–Crippen LogP) is 15.8. The van der Waals surface area contributed by atoms with Crippen LogP contribution in [0.25, 0.3) is 22.3 Å². The summed E-state index contributed by atoms with van der Waals surface area (Å²) in [6.07, 6.45) is 0. The van der Waals surface area contributed by atoms with Gasteiger partial charge in [-0.25, -0.2) is 0 Å². The van der Waals surface area contributed by atoms with Crippen LogP contribution >= 0.6 is 11.8 Å². The third kappa shape index (κ3) is 5.59. The summed E-state index contributed by atoms with van der Waals surface area (Å²) < 4.78 is 5.78. The molecule has 12 aromatic carbocycles. The van der Waals surface area contributed by atoms with Crippen LogP contribution in [0.2, 0.25) is 0 Å². The van der Waals surface area contributed by atoms with E-state index in [0.717, 1.165) is 11.4 Å². The van der Waals surface area contributed by atoms with Crippen LogP contribution in [0, 0.1) is 0 Å². The summed E-state index contributed by atoms with van der Waals surface area (Å²) in [5.41, 5.74) is 22.0. The average molecular weight is 1070 g/mol. The van der Waals surface area contributed by atoms with E-state index in [1.807, 2.05) is 11.8 Å². The zero-order valence-electron chi connectivity index (χ0n) is 42.5. The van der Waals surface area contributed by atoms with E-state index in [2.05, 4.69) is 301 Å². The summed E-state index contributed by atoms with van der Waals surface area (Å²) in [5.74, 6) is 0. The van der Waals surface area contributed by atoms with Gasteiger partial charge in [0.05, 0.1) is 0 Å². The first kappa shape index (κ1) is 44.3. The molecule has 0 fully saturated rings. The molecule has 78 heavy (non-hydrogen) atoms. The molecule has 0 N–H and O–H groups in total. The van der Waals surface area contributed by atoms with Gasteiger partial charge in [-0.15, -0.1) is 0 Å². The van der Waals surface area contributed by atoms with Crippen molar-refractivity contribution in [1.29, 1.82) is 0 Å². The van der Waals surface area contributed by atoms with Crippen LogP contribution in [-0.4, -0.2) is 13.3 Å². The van der Waals surface area contributed by atoms with E-state index >= 15 is 0 Å². The van der Waals surface area contributed by atoms with Crippen molar-refractivity contribution in [2.45, 2.75) is 20.6 Å². The van der Waals surface area contributed by atoms with E-state index in [9.17, 15) is 0 Å². The molecule has 5 aliphatic rings. The van der Waals surface area contributed by atoms with E-state index in [0.29, 0.717) is 0 Å². The van der Waals surface area contributed by atoms with E-state index < -0.39 is 24.1 Å². The molecule has 2 spiro atoms. The van der Waals surface area contributed by atoms with Crippen molar-refractivity contribution in [1.82, 2.24) is 0 Å². The number of para-hydroxylation sites is 4. The summed E-state index contributed by atoms with van der Waals surface area (Å²) in [5, 5.41) is 0. The number of anilines is 6.